The van der Waals surface area contributed by atoms with Crippen molar-refractivity contribution in [2.45, 2.75) is 26.2 Å². The Morgan fingerprint density at radius 2 is 2.18 bits per heavy atom. The first-order valence-corrected chi connectivity index (χ1v) is 6.82. The number of halogens is 2. The molecule has 0 aromatic carbocycles. The second kappa shape index (κ2) is 6.96. The van der Waals surface area contributed by atoms with E-state index in [1.54, 1.807) is 4.99 Å². The summed E-state index contributed by atoms with van der Waals surface area (Å²) in [6.45, 7) is 1.76. The van der Waals surface area contributed by atoms with E-state index in [0.29, 0.717) is 28.8 Å². The van der Waals surface area contributed by atoms with Crippen molar-refractivity contribution >= 4 is 43.8 Å². The van der Waals surface area contributed by atoms with Crippen LogP contribution in [0, 0.1) is 0 Å². The molecule has 0 aromatic rings. The number of esters is 2. The molecule has 0 atom stereocenters. The topological polar surface area (TPSA) is 52.6 Å². The Bertz CT molecular complexity index is 385. The minimum absolute atomic E-state index is 0.282. The molecule has 0 N–H and O–H groups in total. The zero-order valence-corrected chi connectivity index (χ0v) is 12.5. The molecule has 0 unspecified atom stereocenters. The summed E-state index contributed by atoms with van der Waals surface area (Å²) in [4.78, 5) is 23.5. The number of cyclic esters (lactones) is 1. The van der Waals surface area contributed by atoms with Crippen LogP contribution in [-0.2, 0) is 19.1 Å². The van der Waals surface area contributed by atoms with Crippen LogP contribution < -0.4 is 0 Å². The number of rotatable bonds is 5. The molecule has 94 valence electrons. The highest BCUT2D eigenvalue weighted by molar-refractivity contribution is 9.12. The third-order valence-corrected chi connectivity index (χ3v) is 3.44. The maximum Gasteiger partial charge on any atom is 0.340 e. The number of carbonyl (C=O) groups excluding carboxylic acids is 2. The molecule has 6 heteroatoms. The van der Waals surface area contributed by atoms with E-state index >= 15 is 0 Å². The van der Waals surface area contributed by atoms with Crippen LogP contribution >= 0.6 is 31.9 Å². The zero-order valence-electron chi connectivity index (χ0n) is 9.29. The third-order valence-electron chi connectivity index (χ3n) is 2.16. The van der Waals surface area contributed by atoms with Gasteiger partial charge in [-0.15, -0.1) is 0 Å². The fraction of sp³-hybridized carbons (Fsp3) is 0.455. The van der Waals surface area contributed by atoms with Crippen molar-refractivity contribution in [2.75, 3.05) is 6.61 Å². The van der Waals surface area contributed by atoms with E-state index in [0.717, 1.165) is 12.8 Å². The highest BCUT2D eigenvalue weighted by Crippen LogP contribution is 2.34. The van der Waals surface area contributed by atoms with Crippen LogP contribution in [0.15, 0.2) is 20.8 Å². The molecule has 0 amide bonds. The van der Waals surface area contributed by atoms with Gasteiger partial charge < -0.3 is 9.47 Å². The van der Waals surface area contributed by atoms with Crippen LogP contribution in [0.4, 0.5) is 0 Å². The molecular weight excluding hydrogens is 356 g/mol. The Hall–Kier alpha value is -0.620. The van der Waals surface area contributed by atoms with Crippen LogP contribution in [0.5, 0.6) is 0 Å². The maximum atomic E-state index is 11.5. The molecule has 4 nitrogen and oxygen atoms in total. The summed E-state index contributed by atoms with van der Waals surface area (Å²) in [5.74, 6) is -0.116. The van der Waals surface area contributed by atoms with E-state index in [4.69, 9.17) is 9.47 Å². The summed E-state index contributed by atoms with van der Waals surface area (Å²) in [5.41, 5.74) is 0.624. The van der Waals surface area contributed by atoms with Crippen LogP contribution in [0.3, 0.4) is 0 Å². The average molecular weight is 368 g/mol. The van der Waals surface area contributed by atoms with Gasteiger partial charge in [0, 0.05) is 11.9 Å². The lowest BCUT2D eigenvalue weighted by atomic mass is 10.1. The van der Waals surface area contributed by atoms with Crippen molar-refractivity contribution in [2.24, 2.45) is 0 Å². The van der Waals surface area contributed by atoms with Gasteiger partial charge in [0.05, 0.1) is 16.7 Å². The van der Waals surface area contributed by atoms with Gasteiger partial charge in [-0.1, -0.05) is 15.9 Å². The van der Waals surface area contributed by atoms with Crippen molar-refractivity contribution in [3.8, 4) is 0 Å². The summed E-state index contributed by atoms with van der Waals surface area (Å²) in [7, 11) is 0. The first kappa shape index (κ1) is 14.4. The van der Waals surface area contributed by atoms with Crippen molar-refractivity contribution in [1.82, 2.24) is 0 Å². The lowest BCUT2D eigenvalue weighted by molar-refractivity contribution is -0.141. The molecular formula is C11H12Br2O4. The molecule has 17 heavy (non-hydrogen) atoms. The van der Waals surface area contributed by atoms with Gasteiger partial charge in [-0.2, -0.15) is 0 Å². The summed E-state index contributed by atoms with van der Waals surface area (Å²) >= 11 is 6.43. The lowest BCUT2D eigenvalue weighted by Gasteiger charge is -2.01. The largest absolute Gasteiger partial charge is 0.466 e. The molecule has 1 aliphatic rings. The Balaban J connectivity index is 2.39. The number of unbranched alkanes of at least 4 members (excludes halogenated alkanes) is 1. The number of hydrogen-bond donors (Lipinski definition) is 0. The molecule has 1 heterocycles. The van der Waals surface area contributed by atoms with Crippen molar-refractivity contribution < 1.29 is 19.1 Å². The standard InChI is InChI=1S/C11H12Br2O4/c1-7(14)16-5-3-2-4-8-10(13)9(6-12)17-11(8)15/h6H,2-5H2,1H3. The molecule has 0 aromatic heterocycles. The van der Waals surface area contributed by atoms with Gasteiger partial charge in [0.15, 0.2) is 5.76 Å². The monoisotopic (exact) mass is 366 g/mol. The summed E-state index contributed by atoms with van der Waals surface area (Å²) in [6, 6.07) is 0. The van der Waals surface area contributed by atoms with Crippen LogP contribution in [0.2, 0.25) is 0 Å². The van der Waals surface area contributed by atoms with E-state index in [-0.39, 0.29) is 11.9 Å². The minimum Gasteiger partial charge on any atom is -0.466 e. The van der Waals surface area contributed by atoms with Crippen LogP contribution in [-0.4, -0.2) is 18.5 Å². The van der Waals surface area contributed by atoms with Crippen molar-refractivity contribution in [3.63, 3.8) is 0 Å². The van der Waals surface area contributed by atoms with Crippen molar-refractivity contribution in [1.29, 1.82) is 0 Å². The molecule has 1 rings (SSSR count). The maximum absolute atomic E-state index is 11.5. The summed E-state index contributed by atoms with van der Waals surface area (Å²) < 4.78 is 10.5. The van der Waals surface area contributed by atoms with E-state index in [9.17, 15) is 9.59 Å². The van der Waals surface area contributed by atoms with Crippen molar-refractivity contribution in [3.05, 3.63) is 20.8 Å². The first-order chi connectivity index (χ1) is 8.06. The van der Waals surface area contributed by atoms with Gasteiger partial charge in [0.1, 0.15) is 0 Å². The first-order valence-electron chi connectivity index (χ1n) is 5.11. The molecule has 0 spiro atoms. The molecule has 0 saturated carbocycles. The van der Waals surface area contributed by atoms with Crippen LogP contribution in [0.25, 0.3) is 0 Å². The van der Waals surface area contributed by atoms with E-state index < -0.39 is 0 Å². The SMILES string of the molecule is CC(=O)OCCCCC1=C(Br)C(=CBr)OC1=O. The smallest absolute Gasteiger partial charge is 0.340 e. The van der Waals surface area contributed by atoms with Gasteiger partial charge in [-0.3, -0.25) is 4.79 Å². The van der Waals surface area contributed by atoms with Crippen LogP contribution in [0.1, 0.15) is 26.2 Å². The van der Waals surface area contributed by atoms with Gasteiger partial charge in [-0.25, -0.2) is 4.79 Å². The number of hydrogen-bond acceptors (Lipinski definition) is 4. The Morgan fingerprint density at radius 3 is 2.71 bits per heavy atom. The number of ether oxygens (including phenoxy) is 2. The predicted octanol–water partition coefficient (Wildman–Crippen LogP) is 3.16. The molecule has 0 aliphatic carbocycles. The summed E-state index contributed by atoms with van der Waals surface area (Å²) in [5, 5.41) is 0. The second-order valence-corrected chi connectivity index (χ2v) is 4.70. The molecule has 0 radical (unpaired) electrons. The molecule has 1 aliphatic heterocycles. The molecule has 0 bridgehead atoms. The second-order valence-electron chi connectivity index (χ2n) is 3.45. The Kier molecular flexibility index (Phi) is 5.91. The number of allylic oxidation sites excluding steroid dienone is 1. The van der Waals surface area contributed by atoms with Gasteiger partial charge in [0.25, 0.3) is 0 Å². The van der Waals surface area contributed by atoms with Gasteiger partial charge in [-0.05, 0) is 35.2 Å². The molecule has 0 saturated heterocycles. The fourth-order valence-corrected chi connectivity index (χ4v) is 2.53. The Morgan fingerprint density at radius 1 is 1.47 bits per heavy atom. The summed E-state index contributed by atoms with van der Waals surface area (Å²) in [6.07, 6.45) is 2.09. The van der Waals surface area contributed by atoms with E-state index in [2.05, 4.69) is 31.9 Å². The van der Waals surface area contributed by atoms with E-state index in [1.165, 1.54) is 6.92 Å². The normalized spacial score (nSPS) is 17.6. The molecule has 0 fully saturated rings. The lowest BCUT2D eigenvalue weighted by Crippen LogP contribution is -2.02. The third kappa shape index (κ3) is 4.27. The average Bonchev–Trinajstić information content (AvgIpc) is 2.54. The predicted molar refractivity (Wildman–Crippen MR) is 69.5 cm³/mol. The van der Waals surface area contributed by atoms with Gasteiger partial charge in [0.2, 0.25) is 0 Å². The zero-order chi connectivity index (χ0) is 12.8. The highest BCUT2D eigenvalue weighted by Gasteiger charge is 2.27. The minimum atomic E-state index is -0.324. The fourth-order valence-electron chi connectivity index (χ4n) is 1.35. The van der Waals surface area contributed by atoms with Gasteiger partial charge >= 0.3 is 11.9 Å². The number of carbonyl (C=O) groups is 2. The quantitative estimate of drug-likeness (QED) is 0.553. The van der Waals surface area contributed by atoms with E-state index in [1.807, 2.05) is 0 Å². The highest BCUT2D eigenvalue weighted by atomic mass is 79.9. The Labute approximate surface area is 116 Å².